The van der Waals surface area contributed by atoms with Crippen LogP contribution in [0.2, 0.25) is 0 Å². The van der Waals surface area contributed by atoms with Crippen LogP contribution in [0.1, 0.15) is 25.6 Å². The van der Waals surface area contributed by atoms with Crippen LogP contribution in [-0.4, -0.2) is 31.4 Å². The highest BCUT2D eigenvalue weighted by Crippen LogP contribution is 2.22. The van der Waals surface area contributed by atoms with Crippen molar-refractivity contribution >= 4 is 23.4 Å². The summed E-state index contributed by atoms with van der Waals surface area (Å²) >= 11 is 1.71. The maximum atomic E-state index is 12.0. The largest absolute Gasteiger partial charge is 0.326 e. The molecule has 1 unspecified atom stereocenters. The zero-order valence-corrected chi connectivity index (χ0v) is 13.0. The molecular weight excluding hydrogens is 286 g/mol. The lowest BCUT2D eigenvalue weighted by molar-refractivity contribution is -0.116. The van der Waals surface area contributed by atoms with Crippen molar-refractivity contribution in [3.8, 4) is 0 Å². The summed E-state index contributed by atoms with van der Waals surface area (Å²) in [6.07, 6.45) is 1.42. The van der Waals surface area contributed by atoms with Crippen molar-refractivity contribution in [3.05, 3.63) is 36.2 Å². The molecule has 2 aromatic rings. The number of aryl methyl sites for hydroxylation is 1. The van der Waals surface area contributed by atoms with Gasteiger partial charge in [0.15, 0.2) is 5.82 Å². The number of carbonyl (C=O) groups is 1. The van der Waals surface area contributed by atoms with Gasteiger partial charge in [0.1, 0.15) is 0 Å². The molecular formula is C14H19N5OS. The predicted molar refractivity (Wildman–Crippen MR) is 83.9 cm³/mol. The van der Waals surface area contributed by atoms with Gasteiger partial charge in [-0.15, -0.1) is 16.9 Å². The number of nitrogens with one attached hydrogen (secondary N) is 1. The number of hydrogen-bond acceptors (Lipinski definition) is 5. The molecule has 0 aliphatic carbocycles. The fourth-order valence-electron chi connectivity index (χ4n) is 1.82. The second kappa shape index (κ2) is 7.78. The van der Waals surface area contributed by atoms with Gasteiger partial charge >= 0.3 is 0 Å². The Hall–Kier alpha value is -1.89. The number of hydrogen-bond donors (Lipinski definition) is 1. The van der Waals surface area contributed by atoms with Crippen LogP contribution in [0.5, 0.6) is 0 Å². The van der Waals surface area contributed by atoms with Crippen molar-refractivity contribution in [3.63, 3.8) is 0 Å². The third kappa shape index (κ3) is 4.86. The molecule has 112 valence electrons. The summed E-state index contributed by atoms with van der Waals surface area (Å²) in [7, 11) is 1.82. The second-order valence-electron chi connectivity index (χ2n) is 4.68. The van der Waals surface area contributed by atoms with Crippen LogP contribution in [-0.2, 0) is 17.6 Å². The van der Waals surface area contributed by atoms with Crippen LogP contribution in [0.15, 0.2) is 30.3 Å². The van der Waals surface area contributed by atoms with Gasteiger partial charge in [-0.25, -0.2) is 4.68 Å². The molecule has 0 radical (unpaired) electrons. The van der Waals surface area contributed by atoms with Crippen LogP contribution in [0.3, 0.4) is 0 Å². The molecule has 1 aromatic carbocycles. The Balaban J connectivity index is 1.81. The Morgan fingerprint density at radius 1 is 1.38 bits per heavy atom. The highest BCUT2D eigenvalue weighted by atomic mass is 32.2. The summed E-state index contributed by atoms with van der Waals surface area (Å²) < 4.78 is 1.66. The van der Waals surface area contributed by atoms with Crippen molar-refractivity contribution in [2.45, 2.75) is 30.8 Å². The average molecular weight is 305 g/mol. The second-order valence-corrected chi connectivity index (χ2v) is 5.97. The summed E-state index contributed by atoms with van der Waals surface area (Å²) in [5.41, 5.74) is 0.833. The molecule has 1 amide bonds. The van der Waals surface area contributed by atoms with E-state index in [-0.39, 0.29) is 11.2 Å². The first kappa shape index (κ1) is 15.5. The molecule has 0 aliphatic heterocycles. The molecule has 1 heterocycles. The number of thioether (sulfide) groups is 1. The van der Waals surface area contributed by atoms with Gasteiger partial charge in [0.05, 0.1) is 5.75 Å². The molecule has 0 spiro atoms. The van der Waals surface area contributed by atoms with E-state index in [9.17, 15) is 4.79 Å². The Morgan fingerprint density at radius 3 is 2.76 bits per heavy atom. The fourth-order valence-corrected chi connectivity index (χ4v) is 2.96. The lowest BCUT2D eigenvalue weighted by Gasteiger charge is -2.14. The van der Waals surface area contributed by atoms with E-state index in [0.29, 0.717) is 12.2 Å². The molecule has 0 saturated heterocycles. The molecule has 0 fully saturated rings. The minimum atomic E-state index is 0.0386. The van der Waals surface area contributed by atoms with Crippen LogP contribution in [0.4, 0.5) is 5.69 Å². The topological polar surface area (TPSA) is 72.7 Å². The summed E-state index contributed by atoms with van der Waals surface area (Å²) in [4.78, 5) is 12.0. The molecule has 6 nitrogen and oxygen atoms in total. The van der Waals surface area contributed by atoms with Gasteiger partial charge in [-0.3, -0.25) is 4.79 Å². The van der Waals surface area contributed by atoms with Gasteiger partial charge in [-0.2, -0.15) is 0 Å². The Morgan fingerprint density at radius 2 is 2.14 bits per heavy atom. The molecule has 21 heavy (non-hydrogen) atoms. The van der Waals surface area contributed by atoms with Gasteiger partial charge in [-0.05, 0) is 29.0 Å². The Bertz CT molecular complexity index is 572. The lowest BCUT2D eigenvalue weighted by Crippen LogP contribution is -2.18. The van der Waals surface area contributed by atoms with E-state index in [1.807, 2.05) is 37.4 Å². The van der Waals surface area contributed by atoms with Crippen LogP contribution in [0.25, 0.3) is 0 Å². The maximum absolute atomic E-state index is 12.0. The molecule has 1 atom stereocenters. The van der Waals surface area contributed by atoms with E-state index >= 15 is 0 Å². The number of tetrazole rings is 1. The average Bonchev–Trinajstić information content (AvgIpc) is 2.90. The molecule has 1 N–H and O–H groups in total. The number of amides is 1. The lowest BCUT2D eigenvalue weighted by atomic mass is 10.2. The molecule has 7 heteroatoms. The number of aromatic nitrogens is 4. The maximum Gasteiger partial charge on any atom is 0.225 e. The van der Waals surface area contributed by atoms with E-state index in [2.05, 4.69) is 27.8 Å². The standard InChI is InChI=1S/C14H19N5OS/c1-3-12(21-10-13-16-17-18-19(13)2)9-14(20)15-11-7-5-4-6-8-11/h4-8,12H,3,9-10H2,1-2H3,(H,15,20). The molecule has 0 bridgehead atoms. The molecule has 0 aliphatic rings. The third-order valence-electron chi connectivity index (χ3n) is 3.08. The van der Waals surface area contributed by atoms with E-state index in [0.717, 1.165) is 17.9 Å². The first-order valence-corrected chi connectivity index (χ1v) is 7.91. The van der Waals surface area contributed by atoms with Gasteiger partial charge in [-0.1, -0.05) is 25.1 Å². The van der Waals surface area contributed by atoms with Crippen molar-refractivity contribution < 1.29 is 4.79 Å². The van der Waals surface area contributed by atoms with Crippen LogP contribution in [0, 0.1) is 0 Å². The molecule has 0 saturated carbocycles. The zero-order valence-electron chi connectivity index (χ0n) is 12.2. The van der Waals surface area contributed by atoms with E-state index in [1.165, 1.54) is 0 Å². The Kier molecular flexibility index (Phi) is 5.74. The Labute approximate surface area is 128 Å². The SMILES string of the molecule is CCC(CC(=O)Nc1ccccc1)SCc1nnnn1C. The highest BCUT2D eigenvalue weighted by Gasteiger charge is 2.14. The van der Waals surface area contributed by atoms with Gasteiger partial charge < -0.3 is 5.32 Å². The number of benzene rings is 1. The van der Waals surface area contributed by atoms with Crippen LogP contribution >= 0.6 is 11.8 Å². The molecule has 2 rings (SSSR count). The molecule has 1 aromatic heterocycles. The van der Waals surface area contributed by atoms with Crippen molar-refractivity contribution in [1.82, 2.24) is 20.2 Å². The first-order chi connectivity index (χ1) is 10.2. The van der Waals surface area contributed by atoms with Crippen molar-refractivity contribution in [1.29, 1.82) is 0 Å². The highest BCUT2D eigenvalue weighted by molar-refractivity contribution is 7.99. The summed E-state index contributed by atoms with van der Waals surface area (Å²) in [6.45, 7) is 2.09. The van der Waals surface area contributed by atoms with Gasteiger partial charge in [0.2, 0.25) is 5.91 Å². The van der Waals surface area contributed by atoms with Gasteiger partial charge in [0.25, 0.3) is 0 Å². The number of rotatable bonds is 7. The summed E-state index contributed by atoms with van der Waals surface area (Å²) in [5.74, 6) is 1.57. The number of nitrogens with zero attached hydrogens (tertiary/aromatic N) is 4. The zero-order chi connectivity index (χ0) is 15.1. The number of para-hydroxylation sites is 1. The van der Waals surface area contributed by atoms with E-state index in [4.69, 9.17) is 0 Å². The normalized spacial score (nSPS) is 12.1. The third-order valence-corrected chi connectivity index (χ3v) is 4.48. The van der Waals surface area contributed by atoms with E-state index < -0.39 is 0 Å². The predicted octanol–water partition coefficient (Wildman–Crippen LogP) is 2.25. The smallest absolute Gasteiger partial charge is 0.225 e. The summed E-state index contributed by atoms with van der Waals surface area (Å²) in [5, 5.41) is 14.5. The van der Waals surface area contributed by atoms with E-state index in [1.54, 1.807) is 16.4 Å². The minimum absolute atomic E-state index is 0.0386. The quantitative estimate of drug-likeness (QED) is 0.849. The van der Waals surface area contributed by atoms with Crippen molar-refractivity contribution in [2.75, 3.05) is 5.32 Å². The number of carbonyl (C=O) groups excluding carboxylic acids is 1. The summed E-state index contributed by atoms with van der Waals surface area (Å²) in [6, 6.07) is 9.51. The fraction of sp³-hybridized carbons (Fsp3) is 0.429. The van der Waals surface area contributed by atoms with Crippen molar-refractivity contribution in [2.24, 2.45) is 7.05 Å². The monoisotopic (exact) mass is 305 g/mol. The minimum Gasteiger partial charge on any atom is -0.326 e. The first-order valence-electron chi connectivity index (χ1n) is 6.86. The number of anilines is 1. The van der Waals surface area contributed by atoms with Gasteiger partial charge in [0, 0.05) is 24.4 Å². The van der Waals surface area contributed by atoms with Crippen LogP contribution < -0.4 is 5.32 Å².